The van der Waals surface area contributed by atoms with Gasteiger partial charge in [0.05, 0.1) is 10.9 Å². The first-order valence-electron chi connectivity index (χ1n) is 6.52. The molecule has 1 atom stereocenters. The summed E-state index contributed by atoms with van der Waals surface area (Å²) in [7, 11) is 0. The van der Waals surface area contributed by atoms with Gasteiger partial charge in [0.2, 0.25) is 0 Å². The van der Waals surface area contributed by atoms with Crippen molar-refractivity contribution in [1.29, 1.82) is 0 Å². The topological polar surface area (TPSA) is 53.4 Å². The molecule has 0 aliphatic carbocycles. The number of aromatic nitrogens is 1. The number of pyridine rings is 1. The van der Waals surface area contributed by atoms with Crippen molar-refractivity contribution < 1.29 is 9.90 Å². The van der Waals surface area contributed by atoms with Gasteiger partial charge in [0, 0.05) is 35.4 Å². The SMILES string of the molecule is CC1(C(=O)O)CCN(c2ccnc3cc(Cl)ccc23)C1. The van der Waals surface area contributed by atoms with Crippen LogP contribution in [-0.4, -0.2) is 29.1 Å². The van der Waals surface area contributed by atoms with Crippen molar-refractivity contribution in [1.82, 2.24) is 4.98 Å². The van der Waals surface area contributed by atoms with Gasteiger partial charge in [0.15, 0.2) is 0 Å². The summed E-state index contributed by atoms with van der Waals surface area (Å²) in [5.41, 5.74) is 1.18. The van der Waals surface area contributed by atoms with Crippen LogP contribution in [0.5, 0.6) is 0 Å². The van der Waals surface area contributed by atoms with Crippen molar-refractivity contribution in [3.05, 3.63) is 35.5 Å². The number of carboxylic acids is 1. The van der Waals surface area contributed by atoms with Crippen LogP contribution in [0.15, 0.2) is 30.5 Å². The molecule has 3 rings (SSSR count). The number of nitrogens with zero attached hydrogens (tertiary/aromatic N) is 2. The molecule has 1 aliphatic rings. The Hall–Kier alpha value is -1.81. The Bertz CT molecular complexity index is 689. The lowest BCUT2D eigenvalue weighted by Gasteiger charge is -2.23. The minimum Gasteiger partial charge on any atom is -0.481 e. The van der Waals surface area contributed by atoms with Gasteiger partial charge in [-0.25, -0.2) is 0 Å². The summed E-state index contributed by atoms with van der Waals surface area (Å²) in [5, 5.41) is 11.0. The van der Waals surface area contributed by atoms with Crippen molar-refractivity contribution in [3.8, 4) is 0 Å². The molecule has 1 aromatic heterocycles. The van der Waals surface area contributed by atoms with E-state index in [2.05, 4.69) is 9.88 Å². The van der Waals surface area contributed by atoms with Gasteiger partial charge in [-0.3, -0.25) is 9.78 Å². The number of aliphatic carboxylic acids is 1. The van der Waals surface area contributed by atoms with Crippen LogP contribution in [0, 0.1) is 5.41 Å². The maximum Gasteiger partial charge on any atom is 0.311 e. The Kier molecular flexibility index (Phi) is 3.05. The van der Waals surface area contributed by atoms with E-state index >= 15 is 0 Å². The lowest BCUT2D eigenvalue weighted by atomic mass is 9.90. The summed E-state index contributed by atoms with van der Waals surface area (Å²) in [6, 6.07) is 7.54. The second-order valence-electron chi connectivity index (χ2n) is 5.53. The number of fused-ring (bicyclic) bond motifs is 1. The zero-order valence-corrected chi connectivity index (χ0v) is 11.9. The van der Waals surface area contributed by atoms with Crippen molar-refractivity contribution >= 4 is 34.2 Å². The van der Waals surface area contributed by atoms with Gasteiger partial charge in [-0.1, -0.05) is 11.6 Å². The first kappa shape index (κ1) is 13.2. The highest BCUT2D eigenvalue weighted by Crippen LogP contribution is 2.36. The van der Waals surface area contributed by atoms with Crippen molar-refractivity contribution in [2.24, 2.45) is 5.41 Å². The fourth-order valence-corrected chi connectivity index (χ4v) is 2.89. The third-order valence-electron chi connectivity index (χ3n) is 4.01. The minimum absolute atomic E-state index is 0.518. The van der Waals surface area contributed by atoms with E-state index in [4.69, 9.17) is 11.6 Å². The quantitative estimate of drug-likeness (QED) is 0.923. The Balaban J connectivity index is 2.02. The molecule has 0 radical (unpaired) electrons. The van der Waals surface area contributed by atoms with Crippen LogP contribution >= 0.6 is 11.6 Å². The zero-order valence-electron chi connectivity index (χ0n) is 11.1. The highest BCUT2D eigenvalue weighted by atomic mass is 35.5. The van der Waals surface area contributed by atoms with Crippen LogP contribution in [0.1, 0.15) is 13.3 Å². The number of anilines is 1. The second-order valence-corrected chi connectivity index (χ2v) is 5.97. The Morgan fingerprint density at radius 1 is 1.45 bits per heavy atom. The molecule has 1 fully saturated rings. The maximum atomic E-state index is 11.4. The average molecular weight is 291 g/mol. The second kappa shape index (κ2) is 4.63. The monoisotopic (exact) mass is 290 g/mol. The number of rotatable bonds is 2. The summed E-state index contributed by atoms with van der Waals surface area (Å²) >= 11 is 5.99. The molecule has 1 aromatic carbocycles. The minimum atomic E-state index is -0.735. The van der Waals surface area contributed by atoms with E-state index in [0.717, 1.165) is 23.1 Å². The fourth-order valence-electron chi connectivity index (χ4n) is 2.72. The Morgan fingerprint density at radius 3 is 2.95 bits per heavy atom. The third-order valence-corrected chi connectivity index (χ3v) is 4.25. The van der Waals surface area contributed by atoms with Crippen molar-refractivity contribution in [2.45, 2.75) is 13.3 Å². The third kappa shape index (κ3) is 2.10. The summed E-state index contributed by atoms with van der Waals surface area (Å²) in [6.45, 7) is 3.06. The van der Waals surface area contributed by atoms with E-state index in [9.17, 15) is 9.90 Å². The van der Waals surface area contributed by atoms with E-state index in [0.29, 0.717) is 18.0 Å². The molecule has 4 nitrogen and oxygen atoms in total. The van der Waals surface area contributed by atoms with Gasteiger partial charge in [0.1, 0.15) is 0 Å². The molecule has 1 aliphatic heterocycles. The van der Waals surface area contributed by atoms with E-state index in [1.807, 2.05) is 24.3 Å². The van der Waals surface area contributed by atoms with Crippen LogP contribution in [0.4, 0.5) is 5.69 Å². The molecule has 1 unspecified atom stereocenters. The van der Waals surface area contributed by atoms with Gasteiger partial charge in [-0.15, -0.1) is 0 Å². The molecule has 2 aromatic rings. The molecule has 1 N–H and O–H groups in total. The average Bonchev–Trinajstić information content (AvgIpc) is 2.81. The molecular formula is C15H15ClN2O2. The van der Waals surface area contributed by atoms with Gasteiger partial charge in [0.25, 0.3) is 0 Å². The normalized spacial score (nSPS) is 22.4. The standard InChI is InChI=1S/C15H15ClN2O2/c1-15(14(19)20)5-7-18(9-15)13-4-6-17-12-8-10(16)2-3-11(12)13/h2-4,6,8H,5,7,9H2,1H3,(H,19,20). The molecule has 2 heterocycles. The molecule has 104 valence electrons. The molecule has 1 saturated heterocycles. The first-order valence-corrected chi connectivity index (χ1v) is 6.90. The molecule has 5 heteroatoms. The smallest absolute Gasteiger partial charge is 0.311 e. The molecule has 0 bridgehead atoms. The number of hydrogen-bond donors (Lipinski definition) is 1. The number of hydrogen-bond acceptors (Lipinski definition) is 3. The lowest BCUT2D eigenvalue weighted by Crippen LogP contribution is -2.31. The van der Waals surface area contributed by atoms with Crippen LogP contribution in [-0.2, 0) is 4.79 Å². The number of benzene rings is 1. The predicted octanol–water partition coefficient (Wildman–Crippen LogP) is 3.19. The van der Waals surface area contributed by atoms with E-state index in [-0.39, 0.29) is 0 Å². The largest absolute Gasteiger partial charge is 0.481 e. The van der Waals surface area contributed by atoms with Crippen LogP contribution in [0.2, 0.25) is 5.02 Å². The van der Waals surface area contributed by atoms with Gasteiger partial charge < -0.3 is 10.0 Å². The first-order chi connectivity index (χ1) is 9.49. The summed E-state index contributed by atoms with van der Waals surface area (Å²) < 4.78 is 0. The predicted molar refractivity (Wildman–Crippen MR) is 79.3 cm³/mol. The highest BCUT2D eigenvalue weighted by molar-refractivity contribution is 6.31. The van der Waals surface area contributed by atoms with Crippen LogP contribution in [0.3, 0.4) is 0 Å². The fraction of sp³-hybridized carbons (Fsp3) is 0.333. The van der Waals surface area contributed by atoms with Crippen molar-refractivity contribution in [2.75, 3.05) is 18.0 Å². The molecule has 0 amide bonds. The highest BCUT2D eigenvalue weighted by Gasteiger charge is 2.40. The summed E-state index contributed by atoms with van der Waals surface area (Å²) in [5.74, 6) is -0.735. The molecule has 0 spiro atoms. The zero-order chi connectivity index (χ0) is 14.3. The lowest BCUT2D eigenvalue weighted by molar-refractivity contribution is -0.146. The maximum absolute atomic E-state index is 11.4. The molecule has 20 heavy (non-hydrogen) atoms. The van der Waals surface area contributed by atoms with E-state index < -0.39 is 11.4 Å². The molecule has 0 saturated carbocycles. The summed E-state index contributed by atoms with van der Waals surface area (Å²) in [4.78, 5) is 17.8. The van der Waals surface area contributed by atoms with Gasteiger partial charge in [-0.05, 0) is 37.6 Å². The Labute approximate surface area is 122 Å². The van der Waals surface area contributed by atoms with Gasteiger partial charge in [-0.2, -0.15) is 0 Å². The van der Waals surface area contributed by atoms with Crippen LogP contribution < -0.4 is 4.90 Å². The number of halogens is 1. The van der Waals surface area contributed by atoms with Gasteiger partial charge >= 0.3 is 5.97 Å². The van der Waals surface area contributed by atoms with Crippen LogP contribution in [0.25, 0.3) is 10.9 Å². The molecular weight excluding hydrogens is 276 g/mol. The number of carbonyl (C=O) groups is 1. The summed E-state index contributed by atoms with van der Waals surface area (Å²) in [6.07, 6.45) is 2.39. The number of carboxylic acid groups (broad SMARTS) is 1. The van der Waals surface area contributed by atoms with E-state index in [1.165, 1.54) is 0 Å². The van der Waals surface area contributed by atoms with Crippen molar-refractivity contribution in [3.63, 3.8) is 0 Å². The van der Waals surface area contributed by atoms with E-state index in [1.54, 1.807) is 13.1 Å². The Morgan fingerprint density at radius 2 is 2.25 bits per heavy atom.